The van der Waals surface area contributed by atoms with Crippen molar-refractivity contribution in [1.82, 2.24) is 4.98 Å². The zero-order chi connectivity index (χ0) is 12.4. The Morgan fingerprint density at radius 1 is 1.06 bits per heavy atom. The van der Waals surface area contributed by atoms with Gasteiger partial charge in [0.15, 0.2) is 11.6 Å². The van der Waals surface area contributed by atoms with E-state index in [4.69, 9.17) is 0 Å². The molecule has 0 aliphatic heterocycles. The van der Waals surface area contributed by atoms with Crippen LogP contribution in [0.3, 0.4) is 0 Å². The van der Waals surface area contributed by atoms with Crippen molar-refractivity contribution in [2.24, 2.45) is 0 Å². The first-order valence-electron chi connectivity index (χ1n) is 5.53. The lowest BCUT2D eigenvalue weighted by Crippen LogP contribution is -1.97. The maximum absolute atomic E-state index is 13.8. The Bertz CT molecular complexity index is 533. The Morgan fingerprint density at radius 3 is 2.41 bits per heavy atom. The van der Waals surface area contributed by atoms with Crippen molar-refractivity contribution in [3.8, 4) is 11.3 Å². The summed E-state index contributed by atoms with van der Waals surface area (Å²) in [5.74, 6) is -1.59. The van der Waals surface area contributed by atoms with Crippen LogP contribution >= 0.6 is 0 Å². The molecule has 0 saturated heterocycles. The van der Waals surface area contributed by atoms with Gasteiger partial charge in [-0.05, 0) is 36.6 Å². The van der Waals surface area contributed by atoms with Gasteiger partial charge < -0.3 is 0 Å². The predicted molar refractivity (Wildman–Crippen MR) is 63.7 cm³/mol. The van der Waals surface area contributed by atoms with Gasteiger partial charge in [0, 0.05) is 11.8 Å². The van der Waals surface area contributed by atoms with E-state index in [2.05, 4.69) is 4.98 Å². The van der Waals surface area contributed by atoms with Crippen molar-refractivity contribution in [3.63, 3.8) is 0 Å². The topological polar surface area (TPSA) is 12.9 Å². The van der Waals surface area contributed by atoms with Crippen LogP contribution in [0, 0.1) is 18.6 Å². The van der Waals surface area contributed by atoms with Gasteiger partial charge in [0.2, 0.25) is 0 Å². The fourth-order valence-electron chi connectivity index (χ4n) is 1.69. The van der Waals surface area contributed by atoms with Crippen LogP contribution < -0.4 is 0 Å². The molecule has 0 unspecified atom stereocenters. The highest BCUT2D eigenvalue weighted by atomic mass is 19.2. The molecule has 1 aromatic carbocycles. The number of pyridine rings is 1. The largest absolute Gasteiger partial charge is 0.256 e. The average Bonchev–Trinajstić information content (AvgIpc) is 2.34. The summed E-state index contributed by atoms with van der Waals surface area (Å²) in [5, 5.41) is 0. The first-order valence-corrected chi connectivity index (χ1v) is 5.53. The Labute approximate surface area is 99.1 Å². The van der Waals surface area contributed by atoms with Crippen molar-refractivity contribution in [2.45, 2.75) is 20.3 Å². The maximum Gasteiger partial charge on any atom is 0.168 e. The minimum absolute atomic E-state index is 0.208. The van der Waals surface area contributed by atoms with Gasteiger partial charge in [-0.2, -0.15) is 0 Å². The van der Waals surface area contributed by atoms with Crippen LogP contribution in [0.15, 0.2) is 30.5 Å². The third-order valence-corrected chi connectivity index (χ3v) is 2.73. The number of aromatic nitrogens is 1. The van der Waals surface area contributed by atoms with E-state index in [1.807, 2.05) is 13.0 Å². The number of hydrogen-bond acceptors (Lipinski definition) is 1. The van der Waals surface area contributed by atoms with E-state index >= 15 is 0 Å². The van der Waals surface area contributed by atoms with E-state index in [1.54, 1.807) is 31.3 Å². The zero-order valence-electron chi connectivity index (χ0n) is 9.80. The Balaban J connectivity index is 2.53. The maximum atomic E-state index is 13.8. The minimum Gasteiger partial charge on any atom is -0.256 e. The summed E-state index contributed by atoms with van der Waals surface area (Å²) in [6.45, 7) is 3.69. The van der Waals surface area contributed by atoms with Crippen LogP contribution in [0.25, 0.3) is 11.3 Å². The molecule has 88 valence electrons. The van der Waals surface area contributed by atoms with Crippen molar-refractivity contribution in [3.05, 3.63) is 53.2 Å². The van der Waals surface area contributed by atoms with Crippen molar-refractivity contribution in [2.75, 3.05) is 0 Å². The first-order chi connectivity index (χ1) is 8.13. The zero-order valence-corrected chi connectivity index (χ0v) is 9.80. The summed E-state index contributed by atoms with van der Waals surface area (Å²) in [7, 11) is 0. The van der Waals surface area contributed by atoms with Gasteiger partial charge in [0.05, 0.1) is 5.69 Å². The van der Waals surface area contributed by atoms with Gasteiger partial charge in [-0.25, -0.2) is 8.78 Å². The fraction of sp³-hybridized carbons (Fsp3) is 0.214. The lowest BCUT2D eigenvalue weighted by molar-refractivity contribution is 0.502. The van der Waals surface area contributed by atoms with E-state index in [-0.39, 0.29) is 5.56 Å². The number of halogens is 2. The molecule has 2 rings (SSSR count). The van der Waals surface area contributed by atoms with E-state index in [0.29, 0.717) is 17.7 Å². The monoisotopic (exact) mass is 233 g/mol. The fourth-order valence-corrected chi connectivity index (χ4v) is 1.69. The van der Waals surface area contributed by atoms with Crippen molar-refractivity contribution < 1.29 is 8.78 Å². The standard InChI is InChI=1S/C14H13F2N/c1-3-10-5-6-11(14(16)13(10)15)12-7-4-9(2)8-17-12/h4-8H,3H2,1-2H3. The molecule has 0 spiro atoms. The average molecular weight is 233 g/mol. The van der Waals surface area contributed by atoms with Crippen LogP contribution in [-0.2, 0) is 6.42 Å². The highest BCUT2D eigenvalue weighted by molar-refractivity contribution is 5.60. The smallest absolute Gasteiger partial charge is 0.168 e. The molecule has 0 bridgehead atoms. The lowest BCUT2D eigenvalue weighted by Gasteiger charge is -2.07. The third-order valence-electron chi connectivity index (χ3n) is 2.73. The molecule has 0 aliphatic carbocycles. The first kappa shape index (κ1) is 11.7. The number of nitrogens with zero attached hydrogens (tertiary/aromatic N) is 1. The molecule has 3 heteroatoms. The number of hydrogen-bond donors (Lipinski definition) is 0. The molecule has 1 heterocycles. The molecule has 0 fully saturated rings. The van der Waals surface area contributed by atoms with E-state index in [9.17, 15) is 8.78 Å². The Morgan fingerprint density at radius 2 is 1.82 bits per heavy atom. The molecule has 0 radical (unpaired) electrons. The van der Waals surface area contributed by atoms with Crippen LogP contribution in [0.4, 0.5) is 8.78 Å². The Kier molecular flexibility index (Phi) is 3.18. The highest BCUT2D eigenvalue weighted by Gasteiger charge is 2.14. The van der Waals surface area contributed by atoms with Gasteiger partial charge >= 0.3 is 0 Å². The summed E-state index contributed by atoms with van der Waals surface area (Å²) in [4.78, 5) is 4.10. The molecule has 0 atom stereocenters. The summed E-state index contributed by atoms with van der Waals surface area (Å²) in [6, 6.07) is 6.70. The van der Waals surface area contributed by atoms with Gasteiger partial charge in [-0.15, -0.1) is 0 Å². The molecule has 17 heavy (non-hydrogen) atoms. The van der Waals surface area contributed by atoms with Gasteiger partial charge in [0.25, 0.3) is 0 Å². The molecule has 0 saturated carbocycles. The van der Waals surface area contributed by atoms with E-state index in [1.165, 1.54) is 0 Å². The second kappa shape index (κ2) is 4.62. The SMILES string of the molecule is CCc1ccc(-c2ccc(C)cn2)c(F)c1F. The van der Waals surface area contributed by atoms with Crippen LogP contribution in [0.2, 0.25) is 0 Å². The second-order valence-electron chi connectivity index (χ2n) is 3.97. The quantitative estimate of drug-likeness (QED) is 0.766. The minimum atomic E-state index is -0.819. The molecular weight excluding hydrogens is 220 g/mol. The van der Waals surface area contributed by atoms with Crippen molar-refractivity contribution in [1.29, 1.82) is 0 Å². The molecule has 2 aromatic rings. The predicted octanol–water partition coefficient (Wildman–Crippen LogP) is 3.90. The number of rotatable bonds is 2. The van der Waals surface area contributed by atoms with Crippen LogP contribution in [-0.4, -0.2) is 4.98 Å². The van der Waals surface area contributed by atoms with Gasteiger partial charge in [0.1, 0.15) is 0 Å². The third kappa shape index (κ3) is 2.18. The van der Waals surface area contributed by atoms with Crippen LogP contribution in [0.1, 0.15) is 18.1 Å². The highest BCUT2D eigenvalue weighted by Crippen LogP contribution is 2.25. The molecule has 0 amide bonds. The lowest BCUT2D eigenvalue weighted by atomic mass is 10.0. The number of benzene rings is 1. The summed E-state index contributed by atoms with van der Waals surface area (Å²) in [6.07, 6.45) is 2.12. The van der Waals surface area contributed by atoms with Gasteiger partial charge in [-0.1, -0.05) is 19.1 Å². The van der Waals surface area contributed by atoms with E-state index < -0.39 is 11.6 Å². The van der Waals surface area contributed by atoms with Crippen LogP contribution in [0.5, 0.6) is 0 Å². The second-order valence-corrected chi connectivity index (χ2v) is 3.97. The van der Waals surface area contributed by atoms with Crippen molar-refractivity contribution >= 4 is 0 Å². The Hall–Kier alpha value is -1.77. The summed E-state index contributed by atoms with van der Waals surface area (Å²) >= 11 is 0. The molecule has 0 aliphatic rings. The van der Waals surface area contributed by atoms with Gasteiger partial charge in [-0.3, -0.25) is 4.98 Å². The normalized spacial score (nSPS) is 10.6. The molecule has 0 N–H and O–H groups in total. The summed E-state index contributed by atoms with van der Waals surface area (Å²) in [5.41, 5.74) is 2.03. The molecule has 1 nitrogen and oxygen atoms in total. The molecular formula is C14H13F2N. The molecule has 1 aromatic heterocycles. The number of aryl methyl sites for hydroxylation is 2. The summed E-state index contributed by atoms with van der Waals surface area (Å²) < 4.78 is 27.4. The van der Waals surface area contributed by atoms with E-state index in [0.717, 1.165) is 5.56 Å².